The van der Waals surface area contributed by atoms with E-state index < -0.39 is 31.0 Å². The van der Waals surface area contributed by atoms with Crippen molar-refractivity contribution in [3.8, 4) is 0 Å². The Balaban J connectivity index is 2.50. The molecule has 106 valence electrons. The molecular weight excluding hydrogens is 242 g/mol. The molecule has 1 fully saturated rings. The maximum absolute atomic E-state index is 10.9. The van der Waals surface area contributed by atoms with Gasteiger partial charge in [0, 0.05) is 13.1 Å². The van der Waals surface area contributed by atoms with Gasteiger partial charge in [-0.3, -0.25) is 4.84 Å². The molecule has 1 saturated heterocycles. The minimum absolute atomic E-state index is 0.382. The van der Waals surface area contributed by atoms with Gasteiger partial charge in [0.15, 0.2) is 12.4 Å². The van der Waals surface area contributed by atoms with Gasteiger partial charge in [-0.2, -0.15) is 5.06 Å². The fraction of sp³-hybridized carbons (Fsp3) is 0.909. The molecule has 1 rings (SSSR count). The summed E-state index contributed by atoms with van der Waals surface area (Å²) in [5.74, 6) is 0. The minimum atomic E-state index is -1.63. The minimum Gasteiger partial charge on any atom is -0.394 e. The second-order valence-corrected chi connectivity index (χ2v) is 4.43. The highest BCUT2D eigenvalue weighted by atomic mass is 16.7. The molecule has 1 aliphatic rings. The average Bonchev–Trinajstić information content (AvgIpc) is 2.43. The van der Waals surface area contributed by atoms with Gasteiger partial charge in [0.2, 0.25) is 0 Å². The van der Waals surface area contributed by atoms with E-state index in [2.05, 4.69) is 0 Å². The van der Waals surface area contributed by atoms with Crippen LogP contribution >= 0.6 is 0 Å². The normalized spacial score (nSPS) is 24.2. The number of hydrogen-bond donors (Lipinski definition) is 4. The quantitative estimate of drug-likeness (QED) is 0.395. The fourth-order valence-corrected chi connectivity index (χ4v) is 1.84. The molecule has 0 aromatic heterocycles. The molecule has 18 heavy (non-hydrogen) atoms. The first kappa shape index (κ1) is 15.5. The van der Waals surface area contributed by atoms with Gasteiger partial charge in [-0.15, -0.1) is 0 Å². The van der Waals surface area contributed by atoms with Crippen LogP contribution in [0.5, 0.6) is 0 Å². The zero-order chi connectivity index (χ0) is 13.5. The molecule has 0 saturated carbocycles. The van der Waals surface area contributed by atoms with Crippen LogP contribution in [-0.4, -0.2) is 75.9 Å². The molecular formula is C11H21NO6. The van der Waals surface area contributed by atoms with Crippen LogP contribution in [0.1, 0.15) is 19.3 Å². The fourth-order valence-electron chi connectivity index (χ4n) is 1.84. The Morgan fingerprint density at radius 3 is 2.22 bits per heavy atom. The van der Waals surface area contributed by atoms with Gasteiger partial charge >= 0.3 is 0 Å². The number of piperidine rings is 1. The van der Waals surface area contributed by atoms with Crippen LogP contribution in [0, 0.1) is 0 Å². The van der Waals surface area contributed by atoms with Crippen molar-refractivity contribution in [1.82, 2.24) is 5.06 Å². The number of nitrogens with zero attached hydrogens (tertiary/aromatic N) is 1. The van der Waals surface area contributed by atoms with Gasteiger partial charge < -0.3 is 25.2 Å². The molecule has 1 aliphatic heterocycles. The van der Waals surface area contributed by atoms with Crippen LogP contribution in [0.4, 0.5) is 0 Å². The van der Waals surface area contributed by atoms with Gasteiger partial charge in [0.25, 0.3) is 0 Å². The Labute approximate surface area is 106 Å². The van der Waals surface area contributed by atoms with Crippen LogP contribution < -0.4 is 0 Å². The van der Waals surface area contributed by atoms with Crippen LogP contribution in [0.15, 0.2) is 0 Å². The lowest BCUT2D eigenvalue weighted by Gasteiger charge is -2.32. The zero-order valence-corrected chi connectivity index (χ0v) is 10.2. The first-order valence-electron chi connectivity index (χ1n) is 6.12. The summed E-state index contributed by atoms with van der Waals surface area (Å²) in [7, 11) is 0. The number of carbonyl (C=O) groups is 1. The molecule has 0 bridgehead atoms. The van der Waals surface area contributed by atoms with Crippen molar-refractivity contribution in [3.63, 3.8) is 0 Å². The Kier molecular flexibility index (Phi) is 6.69. The molecule has 7 heteroatoms. The number of aliphatic hydroxyl groups excluding tert-OH is 4. The maximum atomic E-state index is 10.9. The summed E-state index contributed by atoms with van der Waals surface area (Å²) in [6.07, 6.45) is -2.59. The third-order valence-corrected chi connectivity index (χ3v) is 2.99. The SMILES string of the molecule is O=CC(ON1CCCCC1)C(O)C(O)C(O)CO. The van der Waals surface area contributed by atoms with Gasteiger partial charge in [0.1, 0.15) is 18.3 Å². The highest BCUT2D eigenvalue weighted by Crippen LogP contribution is 2.13. The third kappa shape index (κ3) is 4.27. The van der Waals surface area contributed by atoms with E-state index in [1.165, 1.54) is 0 Å². The number of carbonyl (C=O) groups excluding carboxylic acids is 1. The predicted octanol–water partition coefficient (Wildman–Crippen LogP) is -1.95. The van der Waals surface area contributed by atoms with E-state index in [1.807, 2.05) is 0 Å². The molecule has 0 amide bonds. The summed E-state index contributed by atoms with van der Waals surface area (Å²) in [5.41, 5.74) is 0. The molecule has 0 aliphatic carbocycles. The van der Waals surface area contributed by atoms with Gasteiger partial charge in [-0.25, -0.2) is 0 Å². The lowest BCUT2D eigenvalue weighted by Crippen LogP contribution is -2.50. The summed E-state index contributed by atoms with van der Waals surface area (Å²) in [5, 5.41) is 38.7. The second kappa shape index (κ2) is 7.78. The van der Waals surface area contributed by atoms with Crippen molar-refractivity contribution in [1.29, 1.82) is 0 Å². The zero-order valence-electron chi connectivity index (χ0n) is 10.2. The van der Waals surface area contributed by atoms with E-state index in [1.54, 1.807) is 5.06 Å². The third-order valence-electron chi connectivity index (χ3n) is 2.99. The van der Waals surface area contributed by atoms with Crippen molar-refractivity contribution < 1.29 is 30.1 Å². The molecule has 0 aromatic rings. The molecule has 0 spiro atoms. The Morgan fingerprint density at radius 2 is 1.72 bits per heavy atom. The Morgan fingerprint density at radius 1 is 1.11 bits per heavy atom. The maximum Gasteiger partial charge on any atom is 0.163 e. The molecule has 4 atom stereocenters. The summed E-state index contributed by atoms with van der Waals surface area (Å²) >= 11 is 0. The predicted molar refractivity (Wildman–Crippen MR) is 61.5 cm³/mol. The molecule has 0 aromatic carbocycles. The molecule has 4 N–H and O–H groups in total. The molecule has 0 radical (unpaired) electrons. The van der Waals surface area contributed by atoms with Crippen LogP contribution in [0.25, 0.3) is 0 Å². The number of rotatable bonds is 7. The van der Waals surface area contributed by atoms with Crippen molar-refractivity contribution in [2.75, 3.05) is 19.7 Å². The Hall–Kier alpha value is -0.570. The molecule has 4 unspecified atom stereocenters. The topological polar surface area (TPSA) is 110 Å². The summed E-state index contributed by atoms with van der Waals surface area (Å²) in [6, 6.07) is 0. The van der Waals surface area contributed by atoms with Gasteiger partial charge in [-0.1, -0.05) is 6.42 Å². The number of aliphatic hydroxyl groups is 4. The highest BCUT2D eigenvalue weighted by molar-refractivity contribution is 5.57. The largest absolute Gasteiger partial charge is 0.394 e. The lowest BCUT2D eigenvalue weighted by atomic mass is 10.0. The van der Waals surface area contributed by atoms with E-state index in [-0.39, 0.29) is 0 Å². The van der Waals surface area contributed by atoms with Crippen LogP contribution in [0.2, 0.25) is 0 Å². The van der Waals surface area contributed by atoms with Crippen molar-refractivity contribution in [3.05, 3.63) is 0 Å². The van der Waals surface area contributed by atoms with E-state index in [4.69, 9.17) is 9.94 Å². The van der Waals surface area contributed by atoms with E-state index in [0.717, 1.165) is 19.3 Å². The summed E-state index contributed by atoms with van der Waals surface area (Å²) in [6.45, 7) is 0.624. The Bertz CT molecular complexity index is 246. The van der Waals surface area contributed by atoms with E-state index >= 15 is 0 Å². The smallest absolute Gasteiger partial charge is 0.163 e. The first-order chi connectivity index (χ1) is 8.60. The van der Waals surface area contributed by atoms with Crippen molar-refractivity contribution >= 4 is 6.29 Å². The van der Waals surface area contributed by atoms with Crippen LogP contribution in [0.3, 0.4) is 0 Å². The highest BCUT2D eigenvalue weighted by Gasteiger charge is 2.33. The summed E-state index contributed by atoms with van der Waals surface area (Å²) in [4.78, 5) is 16.1. The monoisotopic (exact) mass is 263 g/mol. The summed E-state index contributed by atoms with van der Waals surface area (Å²) < 4.78 is 0. The number of aldehydes is 1. The standard InChI is InChI=1S/C11H21NO6/c13-6-8(15)10(16)11(17)9(7-14)18-12-4-2-1-3-5-12/h7-11,13,15-17H,1-6H2. The lowest BCUT2D eigenvalue weighted by molar-refractivity contribution is -0.235. The molecule has 1 heterocycles. The first-order valence-corrected chi connectivity index (χ1v) is 6.12. The van der Waals surface area contributed by atoms with Crippen LogP contribution in [-0.2, 0) is 9.63 Å². The van der Waals surface area contributed by atoms with Crippen molar-refractivity contribution in [2.24, 2.45) is 0 Å². The van der Waals surface area contributed by atoms with E-state index in [0.29, 0.717) is 19.4 Å². The second-order valence-electron chi connectivity index (χ2n) is 4.43. The van der Waals surface area contributed by atoms with Gasteiger partial charge in [0.05, 0.1) is 6.61 Å². The number of hydroxylamine groups is 2. The van der Waals surface area contributed by atoms with Crippen molar-refractivity contribution in [2.45, 2.75) is 43.7 Å². The van der Waals surface area contributed by atoms with E-state index in [9.17, 15) is 20.1 Å². The molecule has 7 nitrogen and oxygen atoms in total. The van der Waals surface area contributed by atoms with Gasteiger partial charge in [-0.05, 0) is 12.8 Å². The average molecular weight is 263 g/mol. The number of hydrogen-bond acceptors (Lipinski definition) is 7.